The van der Waals surface area contributed by atoms with Gasteiger partial charge in [0, 0.05) is 5.92 Å². The van der Waals surface area contributed by atoms with Gasteiger partial charge in [0.15, 0.2) is 0 Å². The van der Waals surface area contributed by atoms with Gasteiger partial charge in [0.2, 0.25) is 0 Å². The maximum Gasteiger partial charge on any atom is 0.329 e. The van der Waals surface area contributed by atoms with Gasteiger partial charge in [0.05, 0.1) is 17.3 Å². The molecule has 0 aliphatic rings. The summed E-state index contributed by atoms with van der Waals surface area (Å²) in [5.41, 5.74) is 8.23. The number of nitrogen functional groups attached to an aromatic ring is 1. The maximum absolute atomic E-state index is 12.3. The van der Waals surface area contributed by atoms with E-state index in [1.165, 1.54) is 0 Å². The molecule has 2 aromatic rings. The van der Waals surface area contributed by atoms with Crippen molar-refractivity contribution in [1.82, 2.24) is 9.55 Å². The highest BCUT2D eigenvalue weighted by molar-refractivity contribution is 5.89. The van der Waals surface area contributed by atoms with Crippen LogP contribution in [0.3, 0.4) is 0 Å². The number of hydrogen-bond donors (Lipinski definition) is 1. The molecule has 1 atom stereocenters. The van der Waals surface area contributed by atoms with E-state index in [2.05, 4.69) is 18.8 Å². The molecular formula is C16H23N3O2. The Labute approximate surface area is 125 Å². The number of carbonyl (C=O) groups excluding carboxylic acids is 1. The first-order valence-electron chi connectivity index (χ1n) is 7.29. The summed E-state index contributed by atoms with van der Waals surface area (Å²) in [5, 5.41) is 0. The van der Waals surface area contributed by atoms with E-state index >= 15 is 0 Å². The Morgan fingerprint density at radius 1 is 1.24 bits per heavy atom. The van der Waals surface area contributed by atoms with Gasteiger partial charge in [0.1, 0.15) is 17.4 Å². The minimum Gasteiger partial charge on any atom is -0.461 e. The van der Waals surface area contributed by atoms with E-state index in [0.717, 1.165) is 16.9 Å². The van der Waals surface area contributed by atoms with Gasteiger partial charge >= 0.3 is 5.97 Å². The van der Waals surface area contributed by atoms with Crippen molar-refractivity contribution in [1.29, 1.82) is 0 Å². The molecule has 0 spiro atoms. The molecule has 1 aromatic heterocycles. The van der Waals surface area contributed by atoms with Gasteiger partial charge in [-0.3, -0.25) is 0 Å². The quantitative estimate of drug-likeness (QED) is 0.693. The highest BCUT2D eigenvalue weighted by atomic mass is 16.5. The number of para-hydroxylation sites is 1. The topological polar surface area (TPSA) is 70.1 Å². The van der Waals surface area contributed by atoms with E-state index in [1.807, 2.05) is 43.5 Å². The summed E-state index contributed by atoms with van der Waals surface area (Å²) in [6.07, 6.45) is -0.137. The summed E-state index contributed by atoms with van der Waals surface area (Å²) in [7, 11) is 0. The van der Waals surface area contributed by atoms with Crippen LogP contribution in [0.5, 0.6) is 0 Å². The molecule has 21 heavy (non-hydrogen) atoms. The van der Waals surface area contributed by atoms with Crippen LogP contribution in [0.4, 0.5) is 5.69 Å². The number of anilines is 1. The fraction of sp³-hybridized carbons (Fsp3) is 0.500. The van der Waals surface area contributed by atoms with Crippen molar-refractivity contribution in [3.05, 3.63) is 24.0 Å². The van der Waals surface area contributed by atoms with E-state index < -0.39 is 6.04 Å². The largest absolute Gasteiger partial charge is 0.461 e. The Kier molecular flexibility index (Phi) is 4.21. The van der Waals surface area contributed by atoms with Crippen LogP contribution < -0.4 is 5.73 Å². The first kappa shape index (κ1) is 15.4. The Morgan fingerprint density at radius 2 is 1.90 bits per heavy atom. The molecule has 0 aliphatic heterocycles. The second-order valence-electron chi connectivity index (χ2n) is 5.87. The molecule has 0 fully saturated rings. The minimum absolute atomic E-state index is 0.137. The zero-order chi connectivity index (χ0) is 15.7. The average Bonchev–Trinajstić information content (AvgIpc) is 2.78. The van der Waals surface area contributed by atoms with Gasteiger partial charge in [-0.2, -0.15) is 0 Å². The third kappa shape index (κ3) is 2.86. The van der Waals surface area contributed by atoms with Gasteiger partial charge in [-0.25, -0.2) is 9.78 Å². The number of aromatic nitrogens is 2. The van der Waals surface area contributed by atoms with Crippen molar-refractivity contribution in [2.24, 2.45) is 0 Å². The second kappa shape index (κ2) is 5.76. The predicted octanol–water partition coefficient (Wildman–Crippen LogP) is 3.25. The van der Waals surface area contributed by atoms with E-state index in [1.54, 1.807) is 0 Å². The van der Waals surface area contributed by atoms with E-state index in [9.17, 15) is 4.79 Å². The molecule has 1 heterocycles. The SMILES string of the molecule is CC(C)OC(=O)C(C)n1c(C(C)C)nc2c(N)cccc21. The summed E-state index contributed by atoms with van der Waals surface area (Å²) in [4.78, 5) is 16.9. The van der Waals surface area contributed by atoms with Crippen LogP contribution in [0.2, 0.25) is 0 Å². The lowest BCUT2D eigenvalue weighted by atomic mass is 10.2. The molecule has 0 bridgehead atoms. The van der Waals surface area contributed by atoms with Gasteiger partial charge in [-0.05, 0) is 32.9 Å². The van der Waals surface area contributed by atoms with Crippen molar-refractivity contribution in [2.45, 2.75) is 52.7 Å². The van der Waals surface area contributed by atoms with Crippen LogP contribution in [0.25, 0.3) is 11.0 Å². The highest BCUT2D eigenvalue weighted by Crippen LogP contribution is 2.29. The minimum atomic E-state index is -0.434. The lowest BCUT2D eigenvalue weighted by Gasteiger charge is -2.19. The Hall–Kier alpha value is -2.04. The number of imidazole rings is 1. The van der Waals surface area contributed by atoms with Crippen LogP contribution in [0, 0.1) is 0 Å². The zero-order valence-corrected chi connectivity index (χ0v) is 13.3. The normalized spacial score (nSPS) is 13.1. The van der Waals surface area contributed by atoms with Crippen LogP contribution >= 0.6 is 0 Å². The van der Waals surface area contributed by atoms with E-state index in [-0.39, 0.29) is 18.0 Å². The number of esters is 1. The zero-order valence-electron chi connectivity index (χ0n) is 13.3. The van der Waals surface area contributed by atoms with Crippen molar-refractivity contribution in [3.63, 3.8) is 0 Å². The molecule has 0 amide bonds. The lowest BCUT2D eigenvalue weighted by molar-refractivity contribution is -0.150. The molecule has 5 heteroatoms. The molecule has 2 rings (SSSR count). The number of fused-ring (bicyclic) bond motifs is 1. The van der Waals surface area contributed by atoms with Crippen LogP contribution in [-0.2, 0) is 9.53 Å². The number of benzene rings is 1. The molecule has 2 N–H and O–H groups in total. The molecule has 1 unspecified atom stereocenters. The Balaban J connectivity index is 2.58. The summed E-state index contributed by atoms with van der Waals surface area (Å²) >= 11 is 0. The number of hydrogen-bond acceptors (Lipinski definition) is 4. The Morgan fingerprint density at radius 3 is 2.48 bits per heavy atom. The summed E-state index contributed by atoms with van der Waals surface area (Å²) in [6.45, 7) is 9.62. The van der Waals surface area contributed by atoms with Gasteiger partial charge in [-0.1, -0.05) is 19.9 Å². The fourth-order valence-corrected chi connectivity index (χ4v) is 2.41. The smallest absolute Gasteiger partial charge is 0.329 e. The van der Waals surface area contributed by atoms with Gasteiger partial charge in [-0.15, -0.1) is 0 Å². The molecular weight excluding hydrogens is 266 g/mol. The lowest BCUT2D eigenvalue weighted by Crippen LogP contribution is -2.23. The monoisotopic (exact) mass is 289 g/mol. The summed E-state index contributed by atoms with van der Waals surface area (Å²) in [6, 6.07) is 5.20. The number of rotatable bonds is 4. The standard InChI is InChI=1S/C16H23N3O2/c1-9(2)15-18-14-12(17)7-6-8-13(14)19(15)11(5)16(20)21-10(3)4/h6-11H,17H2,1-5H3. The van der Waals surface area contributed by atoms with Crippen LogP contribution in [0.15, 0.2) is 18.2 Å². The molecule has 0 radical (unpaired) electrons. The number of nitrogens with two attached hydrogens (primary N) is 1. The first-order chi connectivity index (χ1) is 9.82. The van der Waals surface area contributed by atoms with E-state index in [4.69, 9.17) is 10.5 Å². The molecule has 114 valence electrons. The van der Waals surface area contributed by atoms with E-state index in [0.29, 0.717) is 5.69 Å². The Bertz CT molecular complexity index is 659. The van der Waals surface area contributed by atoms with Crippen LogP contribution in [-0.4, -0.2) is 21.6 Å². The number of carbonyl (C=O) groups is 1. The fourth-order valence-electron chi connectivity index (χ4n) is 2.41. The number of ether oxygens (including phenoxy) is 1. The number of nitrogens with zero attached hydrogens (tertiary/aromatic N) is 2. The third-order valence-electron chi connectivity index (χ3n) is 3.38. The van der Waals surface area contributed by atoms with Gasteiger partial charge in [0.25, 0.3) is 0 Å². The highest BCUT2D eigenvalue weighted by Gasteiger charge is 2.25. The van der Waals surface area contributed by atoms with Crippen molar-refractivity contribution < 1.29 is 9.53 Å². The molecule has 0 saturated heterocycles. The predicted molar refractivity (Wildman–Crippen MR) is 84.2 cm³/mol. The maximum atomic E-state index is 12.3. The second-order valence-corrected chi connectivity index (χ2v) is 5.87. The molecule has 5 nitrogen and oxygen atoms in total. The first-order valence-corrected chi connectivity index (χ1v) is 7.29. The molecule has 0 saturated carbocycles. The van der Waals surface area contributed by atoms with Crippen molar-refractivity contribution in [3.8, 4) is 0 Å². The average molecular weight is 289 g/mol. The van der Waals surface area contributed by atoms with Crippen molar-refractivity contribution in [2.75, 3.05) is 5.73 Å². The van der Waals surface area contributed by atoms with Crippen molar-refractivity contribution >= 4 is 22.7 Å². The summed E-state index contributed by atoms with van der Waals surface area (Å²) < 4.78 is 7.26. The summed E-state index contributed by atoms with van der Waals surface area (Å²) in [5.74, 6) is 0.774. The molecule has 1 aromatic carbocycles. The third-order valence-corrected chi connectivity index (χ3v) is 3.38. The van der Waals surface area contributed by atoms with Crippen LogP contribution in [0.1, 0.15) is 52.4 Å². The van der Waals surface area contributed by atoms with Gasteiger partial charge < -0.3 is 15.0 Å². The molecule has 0 aliphatic carbocycles.